The SMILES string of the molecule is CC1(C)CC(Nc2ncc(S(C)(=O)=O)c([C@H]3CCCNC3)n2)CC(C)(C)N1. The molecule has 3 N–H and O–H groups in total. The third-order valence-corrected chi connectivity index (χ3v) is 6.50. The van der Waals surface area contributed by atoms with Gasteiger partial charge in [-0.25, -0.2) is 18.4 Å². The highest BCUT2D eigenvalue weighted by atomic mass is 32.2. The van der Waals surface area contributed by atoms with Crippen LogP contribution < -0.4 is 16.0 Å². The maximum absolute atomic E-state index is 12.2. The Labute approximate surface area is 163 Å². The number of rotatable bonds is 4. The van der Waals surface area contributed by atoms with Crippen molar-refractivity contribution in [2.45, 2.75) is 81.3 Å². The molecule has 0 amide bonds. The van der Waals surface area contributed by atoms with Crippen LogP contribution in [0.15, 0.2) is 11.1 Å². The molecule has 7 nitrogen and oxygen atoms in total. The van der Waals surface area contributed by atoms with Gasteiger partial charge in [0.25, 0.3) is 0 Å². The minimum absolute atomic E-state index is 0.0161. The van der Waals surface area contributed by atoms with Crippen LogP contribution in [0.3, 0.4) is 0 Å². The Morgan fingerprint density at radius 3 is 2.41 bits per heavy atom. The van der Waals surface area contributed by atoms with Crippen molar-refractivity contribution in [2.24, 2.45) is 0 Å². The highest BCUT2D eigenvalue weighted by Gasteiger charge is 2.38. The number of anilines is 1. The summed E-state index contributed by atoms with van der Waals surface area (Å²) in [7, 11) is -3.36. The van der Waals surface area contributed by atoms with Gasteiger partial charge in [-0.15, -0.1) is 0 Å². The summed E-state index contributed by atoms with van der Waals surface area (Å²) in [6.07, 6.45) is 6.58. The van der Waals surface area contributed by atoms with Gasteiger partial charge < -0.3 is 16.0 Å². The highest BCUT2D eigenvalue weighted by molar-refractivity contribution is 7.90. The zero-order chi connectivity index (χ0) is 19.9. The predicted molar refractivity (Wildman–Crippen MR) is 108 cm³/mol. The number of piperidine rings is 2. The van der Waals surface area contributed by atoms with E-state index in [0.29, 0.717) is 11.6 Å². The molecule has 0 spiro atoms. The third-order valence-electron chi connectivity index (χ3n) is 5.39. The van der Waals surface area contributed by atoms with Gasteiger partial charge in [-0.2, -0.15) is 0 Å². The van der Waals surface area contributed by atoms with E-state index in [9.17, 15) is 8.42 Å². The summed E-state index contributed by atoms with van der Waals surface area (Å²) in [5, 5.41) is 10.5. The van der Waals surface area contributed by atoms with Crippen LogP contribution in [0.2, 0.25) is 0 Å². The number of sulfone groups is 1. The molecule has 0 unspecified atom stereocenters. The van der Waals surface area contributed by atoms with Crippen LogP contribution in [0, 0.1) is 0 Å². The Morgan fingerprint density at radius 2 is 1.85 bits per heavy atom. The summed E-state index contributed by atoms with van der Waals surface area (Å²) in [4.78, 5) is 9.30. The van der Waals surface area contributed by atoms with Crippen LogP contribution in [0.25, 0.3) is 0 Å². The first-order valence-corrected chi connectivity index (χ1v) is 11.7. The quantitative estimate of drug-likeness (QED) is 0.718. The second-order valence-corrected chi connectivity index (χ2v) is 11.4. The maximum atomic E-state index is 12.2. The van der Waals surface area contributed by atoms with E-state index in [1.807, 2.05) is 0 Å². The van der Waals surface area contributed by atoms with Gasteiger partial charge in [0.2, 0.25) is 5.95 Å². The number of nitrogens with zero attached hydrogens (tertiary/aromatic N) is 2. The van der Waals surface area contributed by atoms with Crippen molar-refractivity contribution < 1.29 is 8.42 Å². The van der Waals surface area contributed by atoms with Crippen molar-refractivity contribution in [1.29, 1.82) is 0 Å². The molecule has 0 bridgehead atoms. The zero-order valence-corrected chi connectivity index (χ0v) is 17.9. The highest BCUT2D eigenvalue weighted by Crippen LogP contribution is 2.31. The summed E-state index contributed by atoms with van der Waals surface area (Å²) in [5.41, 5.74) is 0.680. The summed E-state index contributed by atoms with van der Waals surface area (Å²) in [6, 6.07) is 0.234. The minimum Gasteiger partial charge on any atom is -0.351 e. The van der Waals surface area contributed by atoms with Crippen molar-refractivity contribution >= 4 is 15.8 Å². The molecule has 152 valence electrons. The van der Waals surface area contributed by atoms with E-state index in [-0.39, 0.29) is 27.9 Å². The van der Waals surface area contributed by atoms with Crippen LogP contribution in [-0.2, 0) is 9.84 Å². The van der Waals surface area contributed by atoms with E-state index < -0.39 is 9.84 Å². The Bertz CT molecular complexity index is 769. The normalized spacial score (nSPS) is 25.9. The molecule has 3 rings (SSSR count). The van der Waals surface area contributed by atoms with E-state index in [1.54, 1.807) is 0 Å². The molecule has 2 aliphatic heterocycles. The average molecular weight is 396 g/mol. The van der Waals surface area contributed by atoms with Gasteiger partial charge >= 0.3 is 0 Å². The number of nitrogens with one attached hydrogen (secondary N) is 3. The van der Waals surface area contributed by atoms with Crippen LogP contribution >= 0.6 is 0 Å². The largest absolute Gasteiger partial charge is 0.351 e. The van der Waals surface area contributed by atoms with Crippen molar-refractivity contribution in [1.82, 2.24) is 20.6 Å². The molecule has 3 heterocycles. The molecule has 1 aromatic heterocycles. The molecule has 8 heteroatoms. The fourth-order valence-corrected chi connectivity index (χ4v) is 5.56. The minimum atomic E-state index is -3.36. The molecule has 2 saturated heterocycles. The summed E-state index contributed by atoms with van der Waals surface area (Å²) in [5.74, 6) is 0.634. The van der Waals surface area contributed by atoms with Crippen molar-refractivity contribution in [3.63, 3.8) is 0 Å². The van der Waals surface area contributed by atoms with E-state index in [4.69, 9.17) is 4.98 Å². The molecule has 1 atom stereocenters. The maximum Gasteiger partial charge on any atom is 0.223 e. The monoisotopic (exact) mass is 395 g/mol. The van der Waals surface area contributed by atoms with Gasteiger partial charge in [-0.1, -0.05) is 0 Å². The van der Waals surface area contributed by atoms with E-state index in [0.717, 1.165) is 38.8 Å². The molecule has 0 aliphatic carbocycles. The summed E-state index contributed by atoms with van der Waals surface area (Å²) < 4.78 is 24.5. The van der Waals surface area contributed by atoms with E-state index in [1.165, 1.54) is 12.5 Å². The first-order chi connectivity index (χ1) is 12.5. The van der Waals surface area contributed by atoms with Crippen LogP contribution in [0.5, 0.6) is 0 Å². The topological polar surface area (TPSA) is 96.0 Å². The Morgan fingerprint density at radius 1 is 1.19 bits per heavy atom. The van der Waals surface area contributed by atoms with Gasteiger partial charge in [0.1, 0.15) is 4.90 Å². The molecule has 2 aliphatic rings. The van der Waals surface area contributed by atoms with E-state index >= 15 is 0 Å². The fourth-order valence-electron chi connectivity index (χ4n) is 4.72. The standard InChI is InChI=1S/C19H33N5O2S/c1-18(2)9-14(10-19(3,4)24-18)22-17-21-12-15(27(5,25)26)16(23-17)13-7-6-8-20-11-13/h12-14,20,24H,6-11H2,1-5H3,(H,21,22,23)/t13-/m0/s1. The average Bonchev–Trinajstić information content (AvgIpc) is 2.51. The van der Waals surface area contributed by atoms with Gasteiger partial charge in [-0.3, -0.25) is 0 Å². The molecular weight excluding hydrogens is 362 g/mol. The Kier molecular flexibility index (Phi) is 5.53. The van der Waals surface area contributed by atoms with Crippen LogP contribution in [0.1, 0.15) is 65.0 Å². The van der Waals surface area contributed by atoms with Gasteiger partial charge in [-0.05, 0) is 59.9 Å². The predicted octanol–water partition coefficient (Wildman–Crippen LogP) is 2.07. The fraction of sp³-hybridized carbons (Fsp3) is 0.789. The number of hydrogen-bond acceptors (Lipinski definition) is 7. The second kappa shape index (κ2) is 7.29. The van der Waals surface area contributed by atoms with Crippen molar-refractivity contribution in [2.75, 3.05) is 24.7 Å². The Hall–Kier alpha value is -1.25. The van der Waals surface area contributed by atoms with Crippen LogP contribution in [-0.4, -0.2) is 54.9 Å². The lowest BCUT2D eigenvalue weighted by molar-refractivity contribution is 0.170. The van der Waals surface area contributed by atoms with Gasteiger partial charge in [0, 0.05) is 35.8 Å². The molecule has 1 aromatic rings. The molecule has 2 fully saturated rings. The molecular formula is C19H33N5O2S. The Balaban J connectivity index is 1.88. The summed E-state index contributed by atoms with van der Waals surface area (Å²) in [6.45, 7) is 10.5. The summed E-state index contributed by atoms with van der Waals surface area (Å²) >= 11 is 0. The second-order valence-electron chi connectivity index (χ2n) is 9.40. The van der Waals surface area contributed by atoms with Crippen molar-refractivity contribution in [3.8, 4) is 0 Å². The van der Waals surface area contributed by atoms with Crippen molar-refractivity contribution in [3.05, 3.63) is 11.9 Å². The number of aromatic nitrogens is 2. The molecule has 0 radical (unpaired) electrons. The first kappa shape index (κ1) is 20.5. The van der Waals surface area contributed by atoms with Crippen LogP contribution in [0.4, 0.5) is 5.95 Å². The van der Waals surface area contributed by atoms with E-state index in [2.05, 4.69) is 48.6 Å². The lowest BCUT2D eigenvalue weighted by atomic mass is 9.80. The van der Waals surface area contributed by atoms with Gasteiger partial charge in [0.15, 0.2) is 9.84 Å². The third kappa shape index (κ3) is 5.18. The molecule has 0 saturated carbocycles. The first-order valence-electron chi connectivity index (χ1n) is 9.79. The van der Waals surface area contributed by atoms with Gasteiger partial charge in [0.05, 0.1) is 11.9 Å². The molecule has 27 heavy (non-hydrogen) atoms. The number of hydrogen-bond donors (Lipinski definition) is 3. The lowest BCUT2D eigenvalue weighted by Crippen LogP contribution is -2.60. The zero-order valence-electron chi connectivity index (χ0n) is 17.1. The lowest BCUT2D eigenvalue weighted by Gasteiger charge is -2.46. The smallest absolute Gasteiger partial charge is 0.223 e. The molecule has 0 aromatic carbocycles.